The van der Waals surface area contributed by atoms with Crippen molar-refractivity contribution in [1.82, 2.24) is 5.01 Å². The average Bonchev–Trinajstić information content (AvgIpc) is 3.10. The summed E-state index contributed by atoms with van der Waals surface area (Å²) in [6.07, 6.45) is 6.97. The van der Waals surface area contributed by atoms with Crippen LogP contribution in [0.2, 0.25) is 5.02 Å². The number of para-hydroxylation sites is 1. The molecule has 4 rings (SSSR count). The number of fused-ring (bicyclic) bond motifs is 3. The summed E-state index contributed by atoms with van der Waals surface area (Å²) in [4.78, 5) is 0. The smallest absolute Gasteiger partial charge is 0.213 e. The van der Waals surface area contributed by atoms with E-state index in [9.17, 15) is 0 Å². The number of rotatable bonds is 6. The number of hydrogen-bond acceptors (Lipinski definition) is 3. The molecule has 0 N–H and O–H groups in total. The third kappa shape index (κ3) is 3.45. The monoisotopic (exact) mass is 368 g/mol. The van der Waals surface area contributed by atoms with E-state index < -0.39 is 0 Å². The predicted molar refractivity (Wildman–Crippen MR) is 107 cm³/mol. The molecule has 0 aromatic heterocycles. The summed E-state index contributed by atoms with van der Waals surface area (Å²) in [6, 6.07) is 16.5. The highest BCUT2D eigenvalue weighted by molar-refractivity contribution is 6.30. The Morgan fingerprint density at radius 1 is 1.08 bits per heavy atom. The van der Waals surface area contributed by atoms with Gasteiger partial charge in [0, 0.05) is 28.3 Å². The first-order valence-electron chi connectivity index (χ1n) is 9.62. The lowest BCUT2D eigenvalue weighted by atomic mass is 9.96. The Balaban J connectivity index is 1.60. The molecular formula is C22H25ClN2O. The molecule has 3 nitrogen and oxygen atoms in total. The average molecular weight is 369 g/mol. The van der Waals surface area contributed by atoms with Gasteiger partial charge < -0.3 is 4.74 Å². The number of hydrogen-bond donors (Lipinski definition) is 0. The molecule has 0 bridgehead atoms. The normalized spacial score (nSPS) is 21.0. The van der Waals surface area contributed by atoms with E-state index in [4.69, 9.17) is 21.4 Å². The maximum atomic E-state index is 6.34. The van der Waals surface area contributed by atoms with Crippen LogP contribution in [0.5, 0.6) is 5.75 Å². The zero-order valence-electron chi connectivity index (χ0n) is 15.2. The van der Waals surface area contributed by atoms with Gasteiger partial charge in [0.25, 0.3) is 0 Å². The van der Waals surface area contributed by atoms with Gasteiger partial charge in [-0.3, -0.25) is 0 Å². The van der Waals surface area contributed by atoms with Crippen LogP contribution in [0, 0.1) is 0 Å². The van der Waals surface area contributed by atoms with Crippen LogP contribution in [0.25, 0.3) is 0 Å². The van der Waals surface area contributed by atoms with Crippen molar-refractivity contribution in [3.05, 3.63) is 64.7 Å². The summed E-state index contributed by atoms with van der Waals surface area (Å²) in [5.74, 6) is 0.969. The van der Waals surface area contributed by atoms with Crippen molar-refractivity contribution in [3.8, 4) is 5.75 Å². The van der Waals surface area contributed by atoms with Crippen LogP contribution in [0.3, 0.4) is 0 Å². The van der Waals surface area contributed by atoms with Gasteiger partial charge in [-0.15, -0.1) is 0 Å². The van der Waals surface area contributed by atoms with Gasteiger partial charge in [-0.25, -0.2) is 5.01 Å². The van der Waals surface area contributed by atoms with Crippen molar-refractivity contribution in [2.75, 3.05) is 0 Å². The molecule has 2 aliphatic heterocycles. The Labute approximate surface area is 160 Å². The maximum absolute atomic E-state index is 6.34. The van der Waals surface area contributed by atoms with Gasteiger partial charge in [-0.1, -0.05) is 68.1 Å². The number of ether oxygens (including phenoxy) is 1. The summed E-state index contributed by atoms with van der Waals surface area (Å²) in [5.41, 5.74) is 3.63. The van der Waals surface area contributed by atoms with Crippen LogP contribution in [0.4, 0.5) is 0 Å². The number of benzene rings is 2. The molecule has 26 heavy (non-hydrogen) atoms. The minimum atomic E-state index is -0.194. The molecule has 2 aromatic rings. The van der Waals surface area contributed by atoms with E-state index in [0.29, 0.717) is 0 Å². The van der Waals surface area contributed by atoms with Crippen molar-refractivity contribution in [1.29, 1.82) is 0 Å². The first-order chi connectivity index (χ1) is 12.8. The summed E-state index contributed by atoms with van der Waals surface area (Å²) in [6.45, 7) is 2.25. The van der Waals surface area contributed by atoms with Gasteiger partial charge in [-0.2, -0.15) is 5.10 Å². The Bertz CT molecular complexity index is 787. The molecule has 0 saturated carbocycles. The van der Waals surface area contributed by atoms with Gasteiger partial charge >= 0.3 is 0 Å². The molecule has 136 valence electrons. The van der Waals surface area contributed by atoms with Crippen LogP contribution >= 0.6 is 11.6 Å². The van der Waals surface area contributed by atoms with Gasteiger partial charge in [0.2, 0.25) is 6.23 Å². The Hall–Kier alpha value is -2.00. The summed E-state index contributed by atoms with van der Waals surface area (Å²) in [7, 11) is 0. The molecule has 0 radical (unpaired) electrons. The quantitative estimate of drug-likeness (QED) is 0.543. The van der Waals surface area contributed by atoms with Crippen molar-refractivity contribution < 1.29 is 4.74 Å². The molecule has 0 aliphatic carbocycles. The molecule has 0 fully saturated rings. The van der Waals surface area contributed by atoms with Crippen LogP contribution in [-0.2, 0) is 0 Å². The van der Waals surface area contributed by atoms with Crippen molar-refractivity contribution in [2.24, 2.45) is 5.10 Å². The van der Waals surface area contributed by atoms with E-state index in [-0.39, 0.29) is 12.3 Å². The van der Waals surface area contributed by atoms with Gasteiger partial charge in [0.15, 0.2) is 0 Å². The lowest BCUT2D eigenvalue weighted by molar-refractivity contribution is -0.0190. The lowest BCUT2D eigenvalue weighted by Crippen LogP contribution is -2.33. The molecule has 0 saturated heterocycles. The standard InChI is InChI=1S/C22H25ClN2O/c1-2-3-4-5-8-18-15-20-19-9-6-7-10-21(19)26-22(25(20)24-18)16-11-13-17(23)14-12-16/h6-7,9-14,20,22H,2-5,8,15H2,1H3/t20-,22-/m1/s1. The van der Waals surface area contributed by atoms with Crippen molar-refractivity contribution in [2.45, 2.75) is 57.7 Å². The number of halogens is 1. The van der Waals surface area contributed by atoms with Crippen LogP contribution < -0.4 is 4.74 Å². The lowest BCUT2D eigenvalue weighted by Gasteiger charge is -2.38. The highest BCUT2D eigenvalue weighted by Gasteiger charge is 2.40. The molecule has 2 atom stereocenters. The van der Waals surface area contributed by atoms with E-state index in [0.717, 1.165) is 29.2 Å². The highest BCUT2D eigenvalue weighted by Crippen LogP contribution is 2.47. The van der Waals surface area contributed by atoms with Crippen LogP contribution in [-0.4, -0.2) is 10.7 Å². The molecule has 2 aromatic carbocycles. The molecular weight excluding hydrogens is 344 g/mol. The topological polar surface area (TPSA) is 24.8 Å². The zero-order chi connectivity index (χ0) is 17.9. The minimum Gasteiger partial charge on any atom is -0.464 e. The van der Waals surface area contributed by atoms with Crippen LogP contribution in [0.15, 0.2) is 53.6 Å². The zero-order valence-corrected chi connectivity index (χ0v) is 16.0. The van der Waals surface area contributed by atoms with E-state index in [1.54, 1.807) is 0 Å². The fourth-order valence-corrected chi connectivity index (χ4v) is 3.98. The van der Waals surface area contributed by atoms with Gasteiger partial charge in [0.1, 0.15) is 5.75 Å². The third-order valence-corrected chi connectivity index (χ3v) is 5.49. The number of unbranched alkanes of at least 4 members (excludes halogenated alkanes) is 3. The SMILES string of the molecule is CCCCCCC1=NN2[C@H](C1)c1ccccc1O[C@@H]2c1ccc(Cl)cc1. The Morgan fingerprint density at radius 2 is 1.88 bits per heavy atom. The van der Waals surface area contributed by atoms with Crippen molar-refractivity contribution >= 4 is 17.3 Å². The first-order valence-corrected chi connectivity index (χ1v) is 10.00. The van der Waals surface area contributed by atoms with E-state index >= 15 is 0 Å². The van der Waals surface area contributed by atoms with E-state index in [2.05, 4.69) is 30.1 Å². The van der Waals surface area contributed by atoms with E-state index in [1.165, 1.54) is 37.0 Å². The Morgan fingerprint density at radius 3 is 2.69 bits per heavy atom. The van der Waals surface area contributed by atoms with Gasteiger partial charge in [-0.05, 0) is 31.0 Å². The third-order valence-electron chi connectivity index (χ3n) is 5.24. The van der Waals surface area contributed by atoms with Crippen molar-refractivity contribution in [3.63, 3.8) is 0 Å². The molecule has 0 unspecified atom stereocenters. The molecule has 4 heteroatoms. The maximum Gasteiger partial charge on any atom is 0.213 e. The highest BCUT2D eigenvalue weighted by atomic mass is 35.5. The first kappa shape index (κ1) is 17.4. The number of hydrazone groups is 1. The summed E-state index contributed by atoms with van der Waals surface area (Å²) in [5, 5.41) is 7.87. The summed E-state index contributed by atoms with van der Waals surface area (Å²) < 4.78 is 6.34. The fraction of sp³-hybridized carbons (Fsp3) is 0.409. The predicted octanol–water partition coefficient (Wildman–Crippen LogP) is 6.50. The minimum absolute atomic E-state index is 0.194. The fourth-order valence-electron chi connectivity index (χ4n) is 3.85. The molecule has 0 amide bonds. The number of nitrogens with zero attached hydrogens (tertiary/aromatic N) is 2. The Kier molecular flexibility index (Phi) is 5.16. The molecule has 2 aliphatic rings. The second kappa shape index (κ2) is 7.71. The molecule has 0 spiro atoms. The second-order valence-corrected chi connectivity index (χ2v) is 7.57. The van der Waals surface area contributed by atoms with Gasteiger partial charge in [0.05, 0.1) is 6.04 Å². The van der Waals surface area contributed by atoms with Crippen LogP contribution in [0.1, 0.15) is 68.8 Å². The largest absolute Gasteiger partial charge is 0.464 e. The van der Waals surface area contributed by atoms with E-state index in [1.807, 2.05) is 30.3 Å². The second-order valence-electron chi connectivity index (χ2n) is 7.14. The summed E-state index contributed by atoms with van der Waals surface area (Å²) >= 11 is 6.07. The molecule has 2 heterocycles.